The maximum atomic E-state index is 9.08. The third kappa shape index (κ3) is 643. The second kappa shape index (κ2) is 8.94. The van der Waals surface area contributed by atoms with Gasteiger partial charge in [0.15, 0.2) is 0 Å². The van der Waals surface area contributed by atoms with Gasteiger partial charge in [0.25, 0.3) is 0 Å². The van der Waals surface area contributed by atoms with Crippen molar-refractivity contribution in [3.05, 3.63) is 0 Å². The molecule has 0 atom stereocenters. The number of carbonyl (C=O) groups is 2. The number of carboxylic acid groups (broad SMARTS) is 2. The van der Waals surface area contributed by atoms with Gasteiger partial charge in [0.05, 0.1) is 10.1 Å². The number of hydrogen-bond donors (Lipinski definition) is 0. The van der Waals surface area contributed by atoms with Crippen LogP contribution in [0.3, 0.4) is 0 Å². The lowest BCUT2D eigenvalue weighted by atomic mass is 10.9. The largest absolute Gasteiger partial charge is 0.748 e. The minimum Gasteiger partial charge on any atom is -0.748 e. The summed E-state index contributed by atoms with van der Waals surface area (Å²) in [5.74, 6) is -2.17. The van der Waals surface area contributed by atoms with Crippen LogP contribution in [-0.2, 0) is 19.7 Å². The van der Waals surface area contributed by atoms with E-state index in [2.05, 4.69) is 0 Å². The molecular weight excluding hydrogens is 204 g/mol. The molecule has 8 heteroatoms. The molecule has 0 aliphatic heterocycles. The van der Waals surface area contributed by atoms with Crippen LogP contribution in [-0.4, -0.2) is 31.2 Å². The maximum absolute atomic E-state index is 9.08. The Morgan fingerprint density at radius 2 is 1.00 bits per heavy atom. The lowest BCUT2D eigenvalue weighted by molar-refractivity contribution is -0.303. The van der Waals surface area contributed by atoms with E-state index in [1.165, 1.54) is 0 Å². The quantitative estimate of drug-likeness (QED) is 0.383. The van der Waals surface area contributed by atoms with Crippen molar-refractivity contribution in [1.82, 2.24) is 0 Å². The standard InChI is InChI=1S/2C2H4O2.CH4O3S/c2*1-2(3)4;1-5(2,3)4/h2*1H3,(H,3,4);1H3,(H,2,3,4)/p-3. The molecule has 0 aliphatic carbocycles. The predicted molar refractivity (Wildman–Crippen MR) is 37.0 cm³/mol. The first kappa shape index (κ1) is 17.8. The van der Waals surface area contributed by atoms with Crippen molar-refractivity contribution in [3.8, 4) is 0 Å². The highest BCUT2D eigenvalue weighted by molar-refractivity contribution is 7.84. The molecule has 0 radical (unpaired) electrons. The van der Waals surface area contributed by atoms with E-state index >= 15 is 0 Å². The topological polar surface area (TPSA) is 137 Å². The maximum Gasteiger partial charge on any atom is 0.0916 e. The van der Waals surface area contributed by atoms with Crippen molar-refractivity contribution in [1.29, 1.82) is 0 Å². The lowest BCUT2D eigenvalue weighted by Gasteiger charge is -1.90. The van der Waals surface area contributed by atoms with Gasteiger partial charge in [-0.25, -0.2) is 8.42 Å². The van der Waals surface area contributed by atoms with E-state index in [1.807, 2.05) is 0 Å². The average Bonchev–Trinajstić information content (AvgIpc) is 1.50. The van der Waals surface area contributed by atoms with Crippen LogP contribution in [0, 0.1) is 0 Å². The van der Waals surface area contributed by atoms with E-state index in [4.69, 9.17) is 32.8 Å². The molecule has 0 saturated heterocycles. The molecule has 0 fully saturated rings. The number of carboxylic acids is 2. The fourth-order valence-electron chi connectivity index (χ4n) is 0. The van der Waals surface area contributed by atoms with E-state index in [0.29, 0.717) is 6.26 Å². The SMILES string of the molecule is CC(=O)[O-].CC(=O)[O-].CS(=O)(=O)[O-]. The second-order valence-electron chi connectivity index (χ2n) is 1.69. The summed E-state index contributed by atoms with van der Waals surface area (Å²) < 4.78 is 27.2. The first-order valence-electron chi connectivity index (χ1n) is 2.72. The fourth-order valence-corrected chi connectivity index (χ4v) is 0. The Morgan fingerprint density at radius 1 is 1.00 bits per heavy atom. The minimum atomic E-state index is -3.92. The van der Waals surface area contributed by atoms with Gasteiger partial charge in [0.2, 0.25) is 0 Å². The van der Waals surface area contributed by atoms with Gasteiger partial charge in [-0.15, -0.1) is 0 Å². The van der Waals surface area contributed by atoms with Crippen LogP contribution >= 0.6 is 0 Å². The van der Waals surface area contributed by atoms with E-state index in [1.54, 1.807) is 0 Å². The molecule has 0 unspecified atom stereocenters. The van der Waals surface area contributed by atoms with Gasteiger partial charge in [-0.2, -0.15) is 0 Å². The predicted octanol–water partition coefficient (Wildman–Crippen LogP) is -3.33. The Balaban J connectivity index is -0.000000117. The third-order valence-electron chi connectivity index (χ3n) is 0. The zero-order valence-electron chi connectivity index (χ0n) is 7.27. The van der Waals surface area contributed by atoms with E-state index < -0.39 is 22.1 Å². The summed E-state index contributed by atoms with van der Waals surface area (Å²) >= 11 is 0. The summed E-state index contributed by atoms with van der Waals surface area (Å²) in [6.07, 6.45) is 0.604. The highest BCUT2D eigenvalue weighted by atomic mass is 32.2. The van der Waals surface area contributed by atoms with Gasteiger partial charge in [0, 0.05) is 18.2 Å². The van der Waals surface area contributed by atoms with Crippen molar-refractivity contribution in [2.45, 2.75) is 13.8 Å². The molecular formula is C5H9O7S-3. The van der Waals surface area contributed by atoms with Gasteiger partial charge >= 0.3 is 0 Å². The molecule has 0 aromatic rings. The molecule has 80 valence electrons. The summed E-state index contributed by atoms with van der Waals surface area (Å²) in [7, 11) is -3.92. The Morgan fingerprint density at radius 3 is 1.00 bits per heavy atom. The Hall–Kier alpha value is -1.15. The van der Waals surface area contributed by atoms with E-state index in [0.717, 1.165) is 13.8 Å². The Bertz CT molecular complexity index is 212. The third-order valence-corrected chi connectivity index (χ3v) is 0. The van der Waals surface area contributed by atoms with Crippen LogP contribution in [0.25, 0.3) is 0 Å². The summed E-state index contributed by atoms with van der Waals surface area (Å²) in [5.41, 5.74) is 0. The first-order chi connectivity index (χ1) is 5.46. The molecule has 0 aromatic heterocycles. The smallest absolute Gasteiger partial charge is 0.0916 e. The van der Waals surface area contributed by atoms with E-state index in [9.17, 15) is 0 Å². The van der Waals surface area contributed by atoms with Gasteiger partial charge in [-0.05, 0) is 13.8 Å². The van der Waals surface area contributed by atoms with Crippen LogP contribution in [0.2, 0.25) is 0 Å². The molecule has 0 aromatic carbocycles. The van der Waals surface area contributed by atoms with Crippen molar-refractivity contribution in [2.75, 3.05) is 6.26 Å². The van der Waals surface area contributed by atoms with Gasteiger partial charge in [-0.1, -0.05) is 0 Å². The highest BCUT2D eigenvalue weighted by Crippen LogP contribution is 1.59. The minimum absolute atomic E-state index is 0.604. The van der Waals surface area contributed by atoms with Crippen LogP contribution < -0.4 is 10.2 Å². The molecule has 0 N–H and O–H groups in total. The normalized spacial score (nSPS) is 8.31. The molecule has 0 rings (SSSR count). The van der Waals surface area contributed by atoms with Crippen LogP contribution in [0.5, 0.6) is 0 Å². The lowest BCUT2D eigenvalue weighted by Crippen LogP contribution is -2.16. The Labute approximate surface area is 75.8 Å². The number of aliphatic carboxylic acids is 2. The monoisotopic (exact) mass is 213 g/mol. The van der Waals surface area contributed by atoms with Crippen LogP contribution in [0.15, 0.2) is 0 Å². The summed E-state index contributed by atoms with van der Waals surface area (Å²) in [6.45, 7) is 1.94. The van der Waals surface area contributed by atoms with Gasteiger partial charge in [0.1, 0.15) is 0 Å². The first-order valence-corrected chi connectivity index (χ1v) is 4.54. The number of rotatable bonds is 0. The molecule has 13 heavy (non-hydrogen) atoms. The zero-order valence-corrected chi connectivity index (χ0v) is 8.08. The molecule has 0 heterocycles. The Kier molecular flexibility index (Phi) is 12.3. The molecule has 0 amide bonds. The molecule has 7 nitrogen and oxygen atoms in total. The van der Waals surface area contributed by atoms with Gasteiger partial charge in [-0.3, -0.25) is 0 Å². The molecule has 0 saturated carbocycles. The van der Waals surface area contributed by atoms with Gasteiger partial charge < -0.3 is 24.4 Å². The molecule has 0 bridgehead atoms. The zero-order chi connectivity index (χ0) is 11.7. The number of hydrogen-bond acceptors (Lipinski definition) is 7. The summed E-state index contributed by atoms with van der Waals surface area (Å²) in [4.78, 5) is 17.8. The van der Waals surface area contributed by atoms with Crippen molar-refractivity contribution < 1.29 is 32.8 Å². The number of carbonyl (C=O) groups excluding carboxylic acids is 2. The summed E-state index contributed by atoms with van der Waals surface area (Å²) in [6, 6.07) is 0. The van der Waals surface area contributed by atoms with Crippen molar-refractivity contribution in [2.24, 2.45) is 0 Å². The van der Waals surface area contributed by atoms with E-state index in [-0.39, 0.29) is 0 Å². The van der Waals surface area contributed by atoms with Crippen LogP contribution in [0.1, 0.15) is 13.8 Å². The fraction of sp³-hybridized carbons (Fsp3) is 0.600. The van der Waals surface area contributed by atoms with Crippen molar-refractivity contribution in [3.63, 3.8) is 0 Å². The second-order valence-corrected chi connectivity index (χ2v) is 3.10. The summed E-state index contributed by atoms with van der Waals surface area (Å²) in [5, 5.41) is 17.8. The highest BCUT2D eigenvalue weighted by Gasteiger charge is 1.65. The molecule has 0 spiro atoms. The van der Waals surface area contributed by atoms with Crippen LogP contribution in [0.4, 0.5) is 0 Å². The molecule has 0 aliphatic rings. The van der Waals surface area contributed by atoms with Crippen molar-refractivity contribution >= 4 is 22.1 Å². The average molecular weight is 213 g/mol.